The number of allylic oxidation sites excluding steroid dienone is 1. The van der Waals surface area contributed by atoms with Crippen molar-refractivity contribution >= 4 is 0 Å². The number of ether oxygens (including phenoxy) is 1. The van der Waals surface area contributed by atoms with Crippen molar-refractivity contribution in [2.75, 3.05) is 32.8 Å². The van der Waals surface area contributed by atoms with E-state index in [1.807, 2.05) is 0 Å². The van der Waals surface area contributed by atoms with E-state index in [0.717, 1.165) is 19.7 Å². The average Bonchev–Trinajstić information content (AvgIpc) is 2.92. The molecule has 2 fully saturated rings. The maximum Gasteiger partial charge on any atom is 0.0639 e. The van der Waals surface area contributed by atoms with Gasteiger partial charge >= 0.3 is 0 Å². The van der Waals surface area contributed by atoms with Crippen molar-refractivity contribution in [3.05, 3.63) is 11.6 Å². The molecule has 0 spiro atoms. The van der Waals surface area contributed by atoms with Crippen LogP contribution in [0.3, 0.4) is 0 Å². The number of rotatable bonds is 6. The van der Waals surface area contributed by atoms with Crippen LogP contribution in [0.5, 0.6) is 0 Å². The Kier molecular flexibility index (Phi) is 6.72. The van der Waals surface area contributed by atoms with Crippen LogP contribution in [0.2, 0.25) is 0 Å². The van der Waals surface area contributed by atoms with E-state index < -0.39 is 0 Å². The molecule has 2 saturated heterocycles. The number of likely N-dealkylation sites (tertiary alicyclic amines) is 1. The molecule has 0 amide bonds. The molecular weight excluding hydrogens is 260 g/mol. The van der Waals surface area contributed by atoms with E-state index in [0.29, 0.717) is 24.0 Å². The Morgan fingerprint density at radius 3 is 2.57 bits per heavy atom. The molecule has 122 valence electrons. The Hall–Kier alpha value is -0.380. The summed E-state index contributed by atoms with van der Waals surface area (Å²) in [5.74, 6) is 1.36. The summed E-state index contributed by atoms with van der Waals surface area (Å²) in [6.07, 6.45) is 6.62. The molecule has 0 aromatic heterocycles. The molecule has 1 N–H and O–H groups in total. The fourth-order valence-electron chi connectivity index (χ4n) is 3.56. The van der Waals surface area contributed by atoms with Crippen molar-refractivity contribution in [2.24, 2.45) is 11.8 Å². The van der Waals surface area contributed by atoms with E-state index in [2.05, 4.69) is 44.0 Å². The lowest BCUT2D eigenvalue weighted by Crippen LogP contribution is -2.44. The third-order valence-electron chi connectivity index (χ3n) is 4.93. The molecule has 3 nitrogen and oxygen atoms in total. The van der Waals surface area contributed by atoms with Gasteiger partial charge in [0, 0.05) is 25.7 Å². The molecule has 2 heterocycles. The summed E-state index contributed by atoms with van der Waals surface area (Å²) in [6.45, 7) is 14.6. The van der Waals surface area contributed by atoms with Crippen molar-refractivity contribution in [2.45, 2.75) is 59.1 Å². The minimum atomic E-state index is 0.468. The van der Waals surface area contributed by atoms with Crippen molar-refractivity contribution in [3.8, 4) is 0 Å². The number of hydrogen-bond acceptors (Lipinski definition) is 3. The molecule has 0 aromatic carbocycles. The maximum absolute atomic E-state index is 5.88. The highest BCUT2D eigenvalue weighted by Gasteiger charge is 2.31. The quantitative estimate of drug-likeness (QED) is 0.762. The maximum atomic E-state index is 5.88. The lowest BCUT2D eigenvalue weighted by molar-refractivity contribution is 0.0527. The third-order valence-corrected chi connectivity index (χ3v) is 4.93. The first kappa shape index (κ1) is 17.0. The topological polar surface area (TPSA) is 24.5 Å². The first-order valence-electron chi connectivity index (χ1n) is 8.77. The van der Waals surface area contributed by atoms with Gasteiger partial charge < -0.3 is 10.1 Å². The van der Waals surface area contributed by atoms with Gasteiger partial charge in [-0.2, -0.15) is 0 Å². The van der Waals surface area contributed by atoms with Crippen LogP contribution in [-0.4, -0.2) is 49.8 Å². The summed E-state index contributed by atoms with van der Waals surface area (Å²) in [5, 5.41) is 3.81. The van der Waals surface area contributed by atoms with Gasteiger partial charge in [0.2, 0.25) is 0 Å². The van der Waals surface area contributed by atoms with Gasteiger partial charge in [-0.25, -0.2) is 0 Å². The zero-order valence-electron chi connectivity index (χ0n) is 14.4. The van der Waals surface area contributed by atoms with E-state index >= 15 is 0 Å². The Balaban J connectivity index is 1.66. The predicted molar refractivity (Wildman–Crippen MR) is 89.6 cm³/mol. The van der Waals surface area contributed by atoms with Gasteiger partial charge in [0.25, 0.3) is 0 Å². The first-order chi connectivity index (χ1) is 10.1. The van der Waals surface area contributed by atoms with Crippen LogP contribution in [0.4, 0.5) is 0 Å². The Labute approximate surface area is 131 Å². The molecular formula is C18H34N2O. The van der Waals surface area contributed by atoms with Crippen LogP contribution in [0.15, 0.2) is 11.6 Å². The van der Waals surface area contributed by atoms with Crippen molar-refractivity contribution in [3.63, 3.8) is 0 Å². The monoisotopic (exact) mass is 294 g/mol. The zero-order chi connectivity index (χ0) is 15.2. The van der Waals surface area contributed by atoms with Gasteiger partial charge in [0.05, 0.1) is 6.10 Å². The van der Waals surface area contributed by atoms with Crippen LogP contribution >= 0.6 is 0 Å². The van der Waals surface area contributed by atoms with Gasteiger partial charge in [-0.3, -0.25) is 4.90 Å². The van der Waals surface area contributed by atoms with E-state index in [4.69, 9.17) is 4.74 Å². The van der Waals surface area contributed by atoms with Gasteiger partial charge in [-0.15, -0.1) is 0 Å². The molecule has 3 heteroatoms. The highest BCUT2D eigenvalue weighted by Crippen LogP contribution is 2.26. The average molecular weight is 294 g/mol. The van der Waals surface area contributed by atoms with E-state index in [1.54, 1.807) is 0 Å². The zero-order valence-corrected chi connectivity index (χ0v) is 14.4. The molecule has 2 atom stereocenters. The normalized spacial score (nSPS) is 28.2. The number of nitrogens with one attached hydrogen (secondary N) is 1. The summed E-state index contributed by atoms with van der Waals surface area (Å²) in [4.78, 5) is 2.57. The SMILES string of the molecule is CC(C)=CCN1CCC(NC[C@H]2CCO[C@@H]2C(C)C)CC1. The molecule has 0 saturated carbocycles. The third kappa shape index (κ3) is 5.39. The standard InChI is InChI=1S/C18H34N2O/c1-14(2)5-9-20-10-6-17(7-11-20)19-13-16-8-12-21-18(16)15(3)4/h5,15-19H,6-13H2,1-4H3/t16-,18-/m1/s1. The van der Waals surface area contributed by atoms with E-state index in [9.17, 15) is 0 Å². The molecule has 0 bridgehead atoms. The fourth-order valence-corrected chi connectivity index (χ4v) is 3.56. The number of piperidine rings is 1. The van der Waals surface area contributed by atoms with Crippen LogP contribution < -0.4 is 5.32 Å². The second-order valence-corrected chi connectivity index (χ2v) is 7.39. The summed E-state index contributed by atoms with van der Waals surface area (Å²) < 4.78 is 5.88. The molecule has 2 aliphatic rings. The minimum Gasteiger partial charge on any atom is -0.378 e. The molecule has 0 unspecified atom stereocenters. The van der Waals surface area contributed by atoms with Gasteiger partial charge in [0.1, 0.15) is 0 Å². The van der Waals surface area contributed by atoms with Crippen molar-refractivity contribution in [1.82, 2.24) is 10.2 Å². The van der Waals surface area contributed by atoms with Crippen LogP contribution in [0.1, 0.15) is 47.0 Å². The van der Waals surface area contributed by atoms with Crippen molar-refractivity contribution < 1.29 is 4.74 Å². The van der Waals surface area contributed by atoms with Gasteiger partial charge in [-0.05, 0) is 58.0 Å². The Bertz CT molecular complexity index is 328. The summed E-state index contributed by atoms with van der Waals surface area (Å²) in [5.41, 5.74) is 1.43. The van der Waals surface area contributed by atoms with Crippen molar-refractivity contribution in [1.29, 1.82) is 0 Å². The first-order valence-corrected chi connectivity index (χ1v) is 8.77. The fraction of sp³-hybridized carbons (Fsp3) is 0.889. The number of nitrogens with zero attached hydrogens (tertiary/aromatic N) is 1. The highest BCUT2D eigenvalue weighted by molar-refractivity contribution is 4.95. The second-order valence-electron chi connectivity index (χ2n) is 7.39. The van der Waals surface area contributed by atoms with E-state index in [-0.39, 0.29) is 0 Å². The largest absolute Gasteiger partial charge is 0.378 e. The highest BCUT2D eigenvalue weighted by atomic mass is 16.5. The molecule has 0 aliphatic carbocycles. The molecule has 0 radical (unpaired) electrons. The smallest absolute Gasteiger partial charge is 0.0639 e. The summed E-state index contributed by atoms with van der Waals surface area (Å²) >= 11 is 0. The Morgan fingerprint density at radius 2 is 1.95 bits per heavy atom. The summed E-state index contributed by atoms with van der Waals surface area (Å²) in [6, 6.07) is 0.710. The lowest BCUT2D eigenvalue weighted by atomic mass is 9.92. The summed E-state index contributed by atoms with van der Waals surface area (Å²) in [7, 11) is 0. The lowest BCUT2D eigenvalue weighted by Gasteiger charge is -2.33. The predicted octanol–water partition coefficient (Wildman–Crippen LogP) is 3.07. The van der Waals surface area contributed by atoms with Crippen LogP contribution in [0.25, 0.3) is 0 Å². The van der Waals surface area contributed by atoms with Gasteiger partial charge in [0.15, 0.2) is 0 Å². The molecule has 0 aromatic rings. The Morgan fingerprint density at radius 1 is 1.24 bits per heavy atom. The second kappa shape index (κ2) is 8.30. The number of hydrogen-bond donors (Lipinski definition) is 1. The molecule has 2 rings (SSSR count). The molecule has 21 heavy (non-hydrogen) atoms. The van der Waals surface area contributed by atoms with Gasteiger partial charge in [-0.1, -0.05) is 25.5 Å². The minimum absolute atomic E-state index is 0.468. The van der Waals surface area contributed by atoms with Crippen LogP contribution in [-0.2, 0) is 4.74 Å². The van der Waals surface area contributed by atoms with E-state index in [1.165, 1.54) is 37.9 Å². The van der Waals surface area contributed by atoms with Crippen LogP contribution in [0, 0.1) is 11.8 Å². The molecule has 2 aliphatic heterocycles.